The van der Waals surface area contributed by atoms with Crippen LogP contribution in [0.4, 0.5) is 0 Å². The zero-order valence-electron chi connectivity index (χ0n) is 27.4. The normalized spacial score (nSPS) is 13.3. The van der Waals surface area contributed by atoms with E-state index in [1.807, 2.05) is 0 Å². The van der Waals surface area contributed by atoms with E-state index in [1.165, 1.54) is 99.1 Å². The van der Waals surface area contributed by atoms with Gasteiger partial charge in [0, 0.05) is 5.41 Å². The van der Waals surface area contributed by atoms with Crippen LogP contribution in [0.5, 0.6) is 0 Å². The summed E-state index contributed by atoms with van der Waals surface area (Å²) >= 11 is 0. The Bertz CT molecular complexity index is 2500. The Morgan fingerprint density at radius 1 is 0.362 bits per heavy atom. The summed E-state index contributed by atoms with van der Waals surface area (Å²) in [6.45, 7) is 9.21. The largest absolute Gasteiger partial charge is 0.0620 e. The molecule has 9 rings (SSSR count). The molecule has 8 aromatic rings. The topological polar surface area (TPSA) is 0 Å². The summed E-state index contributed by atoms with van der Waals surface area (Å²) in [5, 5.41) is 7.78. The fourth-order valence-corrected chi connectivity index (χ4v) is 8.43. The Labute approximate surface area is 277 Å². The van der Waals surface area contributed by atoms with Crippen molar-refractivity contribution in [2.75, 3.05) is 0 Å². The first-order valence-corrected chi connectivity index (χ1v) is 16.7. The van der Waals surface area contributed by atoms with Crippen LogP contribution in [0.15, 0.2) is 146 Å². The summed E-state index contributed by atoms with van der Waals surface area (Å²) in [5.41, 5.74) is 15.9. The van der Waals surface area contributed by atoms with Gasteiger partial charge < -0.3 is 0 Å². The number of aryl methyl sites for hydroxylation is 2. The highest BCUT2D eigenvalue weighted by Gasteiger charge is 2.38. The maximum atomic E-state index is 2.41. The van der Waals surface area contributed by atoms with Crippen molar-refractivity contribution in [3.05, 3.63) is 168 Å². The first-order valence-electron chi connectivity index (χ1n) is 16.7. The summed E-state index contributed by atoms with van der Waals surface area (Å²) in [7, 11) is 0. The SMILES string of the molecule is Cc1ccccc1-c1cc(-c2c3ccccc3c(-c3cccc4c3-c3c(ccc5ccccc35)C4(C)C)c3ccccc23)ccc1C. The van der Waals surface area contributed by atoms with Crippen LogP contribution in [0, 0.1) is 13.8 Å². The van der Waals surface area contributed by atoms with Gasteiger partial charge in [-0.15, -0.1) is 0 Å². The van der Waals surface area contributed by atoms with Gasteiger partial charge in [-0.3, -0.25) is 0 Å². The number of fused-ring (bicyclic) bond motifs is 7. The molecule has 0 radical (unpaired) electrons. The van der Waals surface area contributed by atoms with Gasteiger partial charge in [-0.05, 0) is 119 Å². The van der Waals surface area contributed by atoms with Crippen molar-refractivity contribution >= 4 is 32.3 Å². The van der Waals surface area contributed by atoms with Crippen molar-refractivity contribution in [2.45, 2.75) is 33.1 Å². The molecule has 0 atom stereocenters. The molecule has 1 aliphatic rings. The van der Waals surface area contributed by atoms with E-state index in [0.29, 0.717) is 0 Å². The van der Waals surface area contributed by atoms with Crippen molar-refractivity contribution in [1.82, 2.24) is 0 Å². The molecule has 0 aromatic heterocycles. The molecule has 0 saturated carbocycles. The van der Waals surface area contributed by atoms with Crippen LogP contribution >= 0.6 is 0 Å². The highest BCUT2D eigenvalue weighted by atomic mass is 14.4. The summed E-state index contributed by atoms with van der Waals surface area (Å²) in [4.78, 5) is 0. The highest BCUT2D eigenvalue weighted by molar-refractivity contribution is 6.23. The Morgan fingerprint density at radius 3 is 1.62 bits per heavy atom. The van der Waals surface area contributed by atoms with Crippen LogP contribution < -0.4 is 0 Å². The average molecular weight is 601 g/mol. The van der Waals surface area contributed by atoms with Gasteiger partial charge in [0.25, 0.3) is 0 Å². The van der Waals surface area contributed by atoms with Gasteiger partial charge >= 0.3 is 0 Å². The number of hydrogen-bond donors (Lipinski definition) is 0. The first-order chi connectivity index (χ1) is 22.9. The van der Waals surface area contributed by atoms with Crippen molar-refractivity contribution in [2.24, 2.45) is 0 Å². The molecule has 0 N–H and O–H groups in total. The standard InChI is InChI=1S/C47H36/c1-29-14-5-7-16-33(29)40-28-32(25-24-30(40)2)43-35-18-9-11-20-37(35)44(38-21-12-10-19-36(38)43)39-22-13-23-41-46(39)45-34-17-8-6-15-31(34)26-27-42(45)47(41,3)4/h5-28H,1-4H3. The van der Waals surface area contributed by atoms with Crippen LogP contribution in [-0.2, 0) is 5.41 Å². The van der Waals surface area contributed by atoms with Gasteiger partial charge in [-0.2, -0.15) is 0 Å². The quantitative estimate of drug-likeness (QED) is 0.177. The lowest BCUT2D eigenvalue weighted by atomic mass is 9.80. The lowest BCUT2D eigenvalue weighted by Crippen LogP contribution is -2.14. The van der Waals surface area contributed by atoms with E-state index in [2.05, 4.69) is 173 Å². The van der Waals surface area contributed by atoms with Gasteiger partial charge in [-0.25, -0.2) is 0 Å². The molecule has 0 nitrogen and oxygen atoms in total. The van der Waals surface area contributed by atoms with Crippen LogP contribution in [0.25, 0.3) is 76.8 Å². The van der Waals surface area contributed by atoms with Gasteiger partial charge in [-0.1, -0.05) is 153 Å². The molecular formula is C47H36. The molecule has 224 valence electrons. The molecule has 47 heavy (non-hydrogen) atoms. The molecule has 0 bridgehead atoms. The van der Waals surface area contributed by atoms with Gasteiger partial charge in [0.2, 0.25) is 0 Å². The second-order valence-electron chi connectivity index (χ2n) is 13.7. The van der Waals surface area contributed by atoms with E-state index in [4.69, 9.17) is 0 Å². The smallest absolute Gasteiger partial charge is 0.0159 e. The summed E-state index contributed by atoms with van der Waals surface area (Å²) in [6, 6.07) is 54.4. The van der Waals surface area contributed by atoms with E-state index in [0.717, 1.165) is 0 Å². The molecule has 0 fully saturated rings. The van der Waals surface area contributed by atoms with E-state index in [-0.39, 0.29) is 5.41 Å². The molecule has 0 saturated heterocycles. The molecule has 1 aliphatic carbocycles. The minimum Gasteiger partial charge on any atom is -0.0620 e. The highest BCUT2D eigenvalue weighted by Crippen LogP contribution is 2.56. The lowest BCUT2D eigenvalue weighted by Gasteiger charge is -2.23. The minimum atomic E-state index is -0.0931. The monoisotopic (exact) mass is 600 g/mol. The lowest BCUT2D eigenvalue weighted by molar-refractivity contribution is 0.661. The van der Waals surface area contributed by atoms with Crippen LogP contribution in [0.3, 0.4) is 0 Å². The Balaban J connectivity index is 1.39. The van der Waals surface area contributed by atoms with E-state index in [1.54, 1.807) is 0 Å². The molecule has 0 heteroatoms. The minimum absolute atomic E-state index is 0.0931. The summed E-state index contributed by atoms with van der Waals surface area (Å²) in [6.07, 6.45) is 0. The van der Waals surface area contributed by atoms with E-state index >= 15 is 0 Å². The number of rotatable bonds is 3. The Hall–Kier alpha value is -5.46. The third-order valence-corrected chi connectivity index (χ3v) is 10.8. The molecule has 0 spiro atoms. The van der Waals surface area contributed by atoms with Crippen LogP contribution in [-0.4, -0.2) is 0 Å². The van der Waals surface area contributed by atoms with E-state index in [9.17, 15) is 0 Å². The molecule has 8 aromatic carbocycles. The van der Waals surface area contributed by atoms with Gasteiger partial charge in [0.15, 0.2) is 0 Å². The predicted molar refractivity (Wildman–Crippen MR) is 202 cm³/mol. The average Bonchev–Trinajstić information content (AvgIpc) is 3.34. The molecule has 0 heterocycles. The fraction of sp³-hybridized carbons (Fsp3) is 0.106. The molecule has 0 unspecified atom stereocenters. The summed E-state index contributed by atoms with van der Waals surface area (Å²) in [5.74, 6) is 0. The first kappa shape index (κ1) is 27.8. The zero-order chi connectivity index (χ0) is 31.9. The number of hydrogen-bond acceptors (Lipinski definition) is 0. The maximum Gasteiger partial charge on any atom is 0.0159 e. The van der Waals surface area contributed by atoms with Gasteiger partial charge in [0.05, 0.1) is 0 Å². The third kappa shape index (κ3) is 4.01. The molecular weight excluding hydrogens is 565 g/mol. The summed E-state index contributed by atoms with van der Waals surface area (Å²) < 4.78 is 0. The fourth-order valence-electron chi connectivity index (χ4n) is 8.43. The van der Waals surface area contributed by atoms with Crippen molar-refractivity contribution < 1.29 is 0 Å². The van der Waals surface area contributed by atoms with Crippen molar-refractivity contribution in [3.63, 3.8) is 0 Å². The van der Waals surface area contributed by atoms with Gasteiger partial charge in [0.1, 0.15) is 0 Å². The second-order valence-corrected chi connectivity index (χ2v) is 13.7. The molecule has 0 aliphatic heterocycles. The van der Waals surface area contributed by atoms with Crippen molar-refractivity contribution in [1.29, 1.82) is 0 Å². The zero-order valence-corrected chi connectivity index (χ0v) is 27.4. The van der Waals surface area contributed by atoms with E-state index < -0.39 is 0 Å². The van der Waals surface area contributed by atoms with Crippen LogP contribution in [0.1, 0.15) is 36.1 Å². The van der Waals surface area contributed by atoms with Crippen molar-refractivity contribution in [3.8, 4) is 44.5 Å². The third-order valence-electron chi connectivity index (χ3n) is 10.8. The predicted octanol–water partition coefficient (Wildman–Crippen LogP) is 13.1. The maximum absolute atomic E-state index is 2.41. The number of benzene rings is 8. The Morgan fingerprint density at radius 2 is 0.915 bits per heavy atom. The van der Waals surface area contributed by atoms with Crippen LogP contribution in [0.2, 0.25) is 0 Å². The Kier molecular flexibility index (Phi) is 6.08. The second kappa shape index (κ2) is 10.3. The molecule has 0 amide bonds.